The van der Waals surface area contributed by atoms with Gasteiger partial charge < -0.3 is 35.1 Å². The fourth-order valence-corrected chi connectivity index (χ4v) is 6.31. The first kappa shape index (κ1) is 38.2. The van der Waals surface area contributed by atoms with E-state index in [2.05, 4.69) is 5.32 Å². The number of nitrogens with one attached hydrogen (secondary N) is 1. The third-order valence-corrected chi connectivity index (χ3v) is 9.35. The highest BCUT2D eigenvalue weighted by Crippen LogP contribution is 2.29. The summed E-state index contributed by atoms with van der Waals surface area (Å²) in [6, 6.07) is 7.18. The summed E-state index contributed by atoms with van der Waals surface area (Å²) < 4.78 is 16.7. The Morgan fingerprint density at radius 1 is 1.04 bits per heavy atom. The average Bonchev–Trinajstić information content (AvgIpc) is 3.52. The van der Waals surface area contributed by atoms with E-state index >= 15 is 0 Å². The van der Waals surface area contributed by atoms with Gasteiger partial charge in [0.2, 0.25) is 17.7 Å². The van der Waals surface area contributed by atoms with Crippen molar-refractivity contribution in [1.29, 1.82) is 0 Å². The maximum Gasteiger partial charge on any atom is 0.328 e. The zero-order valence-corrected chi connectivity index (χ0v) is 28.7. The van der Waals surface area contributed by atoms with E-state index in [1.54, 1.807) is 30.9 Å². The zero-order chi connectivity index (χ0) is 33.8. The molecule has 0 aliphatic carbocycles. The van der Waals surface area contributed by atoms with Crippen LogP contribution in [0.5, 0.6) is 0 Å². The van der Waals surface area contributed by atoms with Crippen molar-refractivity contribution in [2.45, 2.75) is 103 Å². The molecule has 1 heterocycles. The number of ether oxygens (including phenoxy) is 3. The van der Waals surface area contributed by atoms with E-state index in [-0.39, 0.29) is 54.5 Å². The largest absolute Gasteiger partial charge is 0.467 e. The van der Waals surface area contributed by atoms with Gasteiger partial charge in [0.1, 0.15) is 6.04 Å². The second-order valence-electron chi connectivity index (χ2n) is 12.6. The number of hydrogen-bond donors (Lipinski definition) is 2. The number of likely N-dealkylation sites (N-methyl/N-ethyl adjacent to an activating group) is 1. The number of carbonyl (C=O) groups is 4. The van der Waals surface area contributed by atoms with Crippen molar-refractivity contribution < 1.29 is 33.4 Å². The summed E-state index contributed by atoms with van der Waals surface area (Å²) in [6.07, 6.45) is 1.40. The van der Waals surface area contributed by atoms with Crippen LogP contribution in [0.15, 0.2) is 30.3 Å². The summed E-state index contributed by atoms with van der Waals surface area (Å²) in [5, 5.41) is 2.85. The SMILES string of the molecule is CC[C@H](C)[C@@H]([C@@H](CC(=O)N1CCC[C@H]1[C@H](OC)[C@@H](C)C(=O)N[C@@H](Cc1ccccc1)C(=O)OC)OC)N(C)C(=O)C(N)C(C)C. The van der Waals surface area contributed by atoms with Crippen molar-refractivity contribution in [3.05, 3.63) is 35.9 Å². The van der Waals surface area contributed by atoms with Gasteiger partial charge in [-0.2, -0.15) is 0 Å². The van der Waals surface area contributed by atoms with Gasteiger partial charge >= 0.3 is 5.97 Å². The Morgan fingerprint density at radius 2 is 1.69 bits per heavy atom. The summed E-state index contributed by atoms with van der Waals surface area (Å²) in [6.45, 7) is 10.2. The molecule has 0 saturated carbocycles. The predicted molar refractivity (Wildman–Crippen MR) is 173 cm³/mol. The van der Waals surface area contributed by atoms with Crippen LogP contribution in [0.25, 0.3) is 0 Å². The molecule has 0 bridgehead atoms. The predicted octanol–water partition coefficient (Wildman–Crippen LogP) is 2.79. The lowest BCUT2D eigenvalue weighted by Gasteiger charge is -2.40. The van der Waals surface area contributed by atoms with Gasteiger partial charge in [0.05, 0.1) is 49.8 Å². The topological polar surface area (TPSA) is 141 Å². The summed E-state index contributed by atoms with van der Waals surface area (Å²) in [5.41, 5.74) is 7.10. The van der Waals surface area contributed by atoms with Crippen molar-refractivity contribution in [3.63, 3.8) is 0 Å². The fourth-order valence-electron chi connectivity index (χ4n) is 6.31. The monoisotopic (exact) mass is 632 g/mol. The molecule has 0 aromatic heterocycles. The van der Waals surface area contributed by atoms with E-state index in [9.17, 15) is 19.2 Å². The summed E-state index contributed by atoms with van der Waals surface area (Å²) in [4.78, 5) is 56.6. The molecule has 254 valence electrons. The highest BCUT2D eigenvalue weighted by atomic mass is 16.5. The molecule has 1 aliphatic rings. The van der Waals surface area contributed by atoms with E-state index in [4.69, 9.17) is 19.9 Å². The maximum atomic E-state index is 13.9. The van der Waals surface area contributed by atoms with Gasteiger partial charge in [-0.25, -0.2) is 4.79 Å². The molecule has 2 rings (SSSR count). The van der Waals surface area contributed by atoms with Crippen molar-refractivity contribution in [2.24, 2.45) is 23.5 Å². The normalized spacial score (nSPS) is 19.6. The number of esters is 1. The molecular weight excluding hydrogens is 576 g/mol. The lowest BCUT2D eigenvalue weighted by atomic mass is 9.89. The number of likely N-dealkylation sites (tertiary alicyclic amines) is 1. The number of carbonyl (C=O) groups excluding carboxylic acids is 4. The number of hydrogen-bond acceptors (Lipinski definition) is 8. The van der Waals surface area contributed by atoms with Crippen molar-refractivity contribution >= 4 is 23.7 Å². The van der Waals surface area contributed by atoms with Gasteiger partial charge in [-0.15, -0.1) is 0 Å². The Morgan fingerprint density at radius 3 is 2.22 bits per heavy atom. The molecule has 1 unspecified atom stereocenters. The number of nitrogens with zero attached hydrogens (tertiary/aromatic N) is 2. The van der Waals surface area contributed by atoms with Crippen LogP contribution in [0.3, 0.4) is 0 Å². The number of rotatable bonds is 17. The van der Waals surface area contributed by atoms with Crippen molar-refractivity contribution in [2.75, 3.05) is 34.9 Å². The molecule has 1 saturated heterocycles. The summed E-state index contributed by atoms with van der Waals surface area (Å²) in [7, 11) is 6.12. The molecule has 11 nitrogen and oxygen atoms in total. The highest BCUT2D eigenvalue weighted by molar-refractivity contribution is 5.86. The molecule has 1 aromatic rings. The van der Waals surface area contributed by atoms with Gasteiger partial charge in [-0.1, -0.05) is 71.4 Å². The first-order chi connectivity index (χ1) is 21.3. The fraction of sp³-hybridized carbons (Fsp3) is 0.706. The number of nitrogens with two attached hydrogens (primary N) is 1. The van der Waals surface area contributed by atoms with Gasteiger partial charge in [-0.05, 0) is 30.2 Å². The standard InChI is InChI=1S/C34H56N4O7/c1-10-22(4)30(37(6)33(41)29(35)21(2)3)27(43-7)20-28(39)38-18-14-17-26(38)31(44-8)23(5)32(40)36-25(34(42)45-9)19-24-15-12-11-13-16-24/h11-13,15-16,21-23,25-27,29-31H,10,14,17-20,35H2,1-9H3,(H,36,40)/t22-,23+,25-,26-,27+,29?,30-,31+/m0/s1. The molecule has 45 heavy (non-hydrogen) atoms. The number of methoxy groups -OCH3 is 3. The third-order valence-electron chi connectivity index (χ3n) is 9.35. The Balaban J connectivity index is 2.22. The molecule has 0 spiro atoms. The molecule has 0 radical (unpaired) electrons. The maximum absolute atomic E-state index is 13.9. The summed E-state index contributed by atoms with van der Waals surface area (Å²) in [5.74, 6) is -1.84. The Kier molecular flexibility index (Phi) is 15.4. The van der Waals surface area contributed by atoms with Crippen molar-refractivity contribution in [1.82, 2.24) is 15.1 Å². The molecule has 3 N–H and O–H groups in total. The lowest BCUT2D eigenvalue weighted by Crippen LogP contribution is -2.56. The smallest absolute Gasteiger partial charge is 0.328 e. The quantitative estimate of drug-likeness (QED) is 0.250. The van der Waals surface area contributed by atoms with Crippen molar-refractivity contribution in [3.8, 4) is 0 Å². The first-order valence-corrected chi connectivity index (χ1v) is 16.1. The minimum Gasteiger partial charge on any atom is -0.467 e. The van der Waals surface area contributed by atoms with Gasteiger partial charge in [0.25, 0.3) is 0 Å². The summed E-state index contributed by atoms with van der Waals surface area (Å²) >= 11 is 0. The van der Waals surface area contributed by atoms with E-state index in [0.717, 1.165) is 18.4 Å². The van der Waals surface area contributed by atoms with Gasteiger partial charge in [0.15, 0.2) is 0 Å². The van der Waals surface area contributed by atoms with E-state index in [0.29, 0.717) is 13.0 Å². The first-order valence-electron chi connectivity index (χ1n) is 16.1. The number of benzene rings is 1. The Bertz CT molecular complexity index is 1100. The molecule has 3 amide bonds. The minimum atomic E-state index is -0.866. The van der Waals surface area contributed by atoms with E-state index in [1.165, 1.54) is 14.2 Å². The second kappa shape index (κ2) is 18.2. The van der Waals surface area contributed by atoms with Gasteiger partial charge in [0, 0.05) is 34.2 Å². The second-order valence-corrected chi connectivity index (χ2v) is 12.6. The molecule has 1 fully saturated rings. The molecular formula is C34H56N4O7. The van der Waals surface area contributed by atoms with Crippen LogP contribution >= 0.6 is 0 Å². The van der Waals surface area contributed by atoms with Crippen LogP contribution in [0.1, 0.15) is 65.9 Å². The van der Waals surface area contributed by atoms with Gasteiger partial charge in [-0.3, -0.25) is 14.4 Å². The van der Waals surface area contributed by atoms with Crippen LogP contribution in [0.4, 0.5) is 0 Å². The molecule has 1 aromatic carbocycles. The zero-order valence-electron chi connectivity index (χ0n) is 28.7. The van der Waals surface area contributed by atoms with Crippen LogP contribution in [-0.4, -0.2) is 105 Å². The van der Waals surface area contributed by atoms with E-state index in [1.807, 2.05) is 58.0 Å². The van der Waals surface area contributed by atoms with Crippen LogP contribution in [-0.2, 0) is 39.8 Å². The van der Waals surface area contributed by atoms with Crippen LogP contribution in [0.2, 0.25) is 0 Å². The Labute approximate surface area is 269 Å². The minimum absolute atomic E-state index is 0.0306. The third kappa shape index (κ3) is 9.98. The van der Waals surface area contributed by atoms with E-state index < -0.39 is 36.2 Å². The highest BCUT2D eigenvalue weighted by Gasteiger charge is 2.42. The van der Waals surface area contributed by atoms with Crippen LogP contribution < -0.4 is 11.1 Å². The number of amides is 3. The molecule has 8 atom stereocenters. The molecule has 11 heteroatoms. The lowest BCUT2D eigenvalue weighted by molar-refractivity contribution is -0.148. The Hall–Kier alpha value is -3.02. The molecule has 1 aliphatic heterocycles. The average molecular weight is 633 g/mol. The van der Waals surface area contributed by atoms with Crippen LogP contribution in [0, 0.1) is 17.8 Å².